The Hall–Kier alpha value is -0.850. The van der Waals surface area contributed by atoms with Crippen molar-refractivity contribution in [3.05, 3.63) is 22.2 Å². The van der Waals surface area contributed by atoms with Crippen LogP contribution in [0, 0.1) is 3.57 Å². The number of nitrogen functional groups attached to an aromatic ring is 1. The molecule has 0 aliphatic heterocycles. The average molecular weight is 260 g/mol. The molecule has 0 spiro atoms. The quantitative estimate of drug-likeness (QED) is 0.716. The number of nitrogens with zero attached hydrogens (tertiary/aromatic N) is 3. The van der Waals surface area contributed by atoms with Gasteiger partial charge in [0.25, 0.3) is 0 Å². The molecule has 2 N–H and O–H groups in total. The zero-order chi connectivity index (χ0) is 7.84. The van der Waals surface area contributed by atoms with Gasteiger partial charge in [-0.3, -0.25) is 4.40 Å². The summed E-state index contributed by atoms with van der Waals surface area (Å²) in [5, 5.41) is 0. The van der Waals surface area contributed by atoms with Crippen LogP contribution in [0.5, 0.6) is 0 Å². The molecule has 2 aromatic heterocycles. The molecule has 2 heterocycles. The van der Waals surface area contributed by atoms with E-state index in [0.717, 1.165) is 9.22 Å². The molecule has 2 aromatic rings. The molecule has 0 unspecified atom stereocenters. The van der Waals surface area contributed by atoms with Crippen molar-refractivity contribution in [1.82, 2.24) is 14.4 Å². The van der Waals surface area contributed by atoms with Crippen LogP contribution in [0.3, 0.4) is 0 Å². The number of halogens is 1. The Morgan fingerprint density at radius 3 is 3.00 bits per heavy atom. The standard InChI is InChI=1S/C6H5IN4/c7-4-1-2-11-5(4)9-3-10-6(11)8/h1-3H,(H2,8,9,10). The highest BCUT2D eigenvalue weighted by Gasteiger charge is 2.01. The summed E-state index contributed by atoms with van der Waals surface area (Å²) >= 11 is 2.20. The van der Waals surface area contributed by atoms with Crippen LogP contribution in [0.1, 0.15) is 0 Å². The fraction of sp³-hybridized carbons (Fsp3) is 0. The largest absolute Gasteiger partial charge is 0.369 e. The molecule has 56 valence electrons. The van der Waals surface area contributed by atoms with E-state index in [1.807, 2.05) is 12.3 Å². The number of fused-ring (bicyclic) bond motifs is 1. The fourth-order valence-corrected chi connectivity index (χ4v) is 1.47. The predicted octanol–water partition coefficient (Wildman–Crippen LogP) is 0.916. The molecule has 0 aliphatic rings. The van der Waals surface area contributed by atoms with Gasteiger partial charge in [-0.15, -0.1) is 0 Å². The van der Waals surface area contributed by atoms with Crippen LogP contribution in [-0.4, -0.2) is 14.4 Å². The monoisotopic (exact) mass is 260 g/mol. The van der Waals surface area contributed by atoms with Crippen molar-refractivity contribution in [2.24, 2.45) is 0 Å². The molecule has 0 amide bonds. The lowest BCUT2D eigenvalue weighted by Crippen LogP contribution is -1.99. The number of hydrogen-bond acceptors (Lipinski definition) is 3. The van der Waals surface area contributed by atoms with Gasteiger partial charge >= 0.3 is 0 Å². The summed E-state index contributed by atoms with van der Waals surface area (Å²) in [4.78, 5) is 7.91. The van der Waals surface area contributed by atoms with Gasteiger partial charge in [-0.2, -0.15) is 0 Å². The second-order valence-corrected chi connectivity index (χ2v) is 3.25. The maximum Gasteiger partial charge on any atom is 0.207 e. The molecule has 0 saturated heterocycles. The highest BCUT2D eigenvalue weighted by atomic mass is 127. The first-order chi connectivity index (χ1) is 5.29. The predicted molar refractivity (Wildman–Crippen MR) is 50.1 cm³/mol. The highest BCUT2D eigenvalue weighted by molar-refractivity contribution is 14.1. The third-order valence-corrected chi connectivity index (χ3v) is 2.27. The molecular formula is C6H5IN4. The SMILES string of the molecule is Nc1ncnc2c(I)ccn12. The lowest BCUT2D eigenvalue weighted by Gasteiger charge is -1.95. The Balaban J connectivity index is 2.94. The van der Waals surface area contributed by atoms with Gasteiger partial charge < -0.3 is 5.73 Å². The summed E-state index contributed by atoms with van der Waals surface area (Å²) in [7, 11) is 0. The van der Waals surface area contributed by atoms with Crippen molar-refractivity contribution in [1.29, 1.82) is 0 Å². The van der Waals surface area contributed by atoms with Crippen LogP contribution in [0.25, 0.3) is 5.65 Å². The minimum atomic E-state index is 0.470. The molecule has 0 bridgehead atoms. The summed E-state index contributed by atoms with van der Waals surface area (Å²) in [6.07, 6.45) is 3.32. The summed E-state index contributed by atoms with van der Waals surface area (Å²) < 4.78 is 2.83. The van der Waals surface area contributed by atoms with Crippen LogP contribution in [-0.2, 0) is 0 Å². The van der Waals surface area contributed by atoms with E-state index in [2.05, 4.69) is 32.6 Å². The van der Waals surface area contributed by atoms with Crippen molar-refractivity contribution in [2.45, 2.75) is 0 Å². The molecule has 0 fully saturated rings. The van der Waals surface area contributed by atoms with Crippen LogP contribution >= 0.6 is 22.6 Å². The lowest BCUT2D eigenvalue weighted by atomic mass is 10.6. The maximum absolute atomic E-state index is 5.58. The fourth-order valence-electron chi connectivity index (χ4n) is 0.914. The van der Waals surface area contributed by atoms with Crippen LogP contribution in [0.2, 0.25) is 0 Å². The summed E-state index contributed by atoms with van der Waals surface area (Å²) in [5.41, 5.74) is 6.44. The summed E-state index contributed by atoms with van der Waals surface area (Å²) in [5.74, 6) is 0.470. The van der Waals surface area contributed by atoms with Crippen LogP contribution < -0.4 is 5.73 Å². The Morgan fingerprint density at radius 2 is 2.27 bits per heavy atom. The normalized spacial score (nSPS) is 10.6. The number of nitrogens with two attached hydrogens (primary N) is 1. The number of anilines is 1. The highest BCUT2D eigenvalue weighted by Crippen LogP contribution is 2.13. The molecule has 0 aromatic carbocycles. The van der Waals surface area contributed by atoms with Gasteiger partial charge in [-0.25, -0.2) is 9.97 Å². The number of hydrogen-bond donors (Lipinski definition) is 1. The zero-order valence-corrected chi connectivity index (χ0v) is 7.69. The van der Waals surface area contributed by atoms with E-state index in [1.165, 1.54) is 6.33 Å². The van der Waals surface area contributed by atoms with Gasteiger partial charge in [0, 0.05) is 6.20 Å². The van der Waals surface area contributed by atoms with Gasteiger partial charge in [0.1, 0.15) is 6.33 Å². The lowest BCUT2D eigenvalue weighted by molar-refractivity contribution is 1.04. The van der Waals surface area contributed by atoms with E-state index < -0.39 is 0 Å². The van der Waals surface area contributed by atoms with Gasteiger partial charge in [0.2, 0.25) is 5.95 Å². The molecule has 2 rings (SSSR count). The number of aromatic nitrogens is 3. The van der Waals surface area contributed by atoms with E-state index >= 15 is 0 Å². The van der Waals surface area contributed by atoms with Gasteiger partial charge in [-0.1, -0.05) is 0 Å². The molecular weight excluding hydrogens is 255 g/mol. The van der Waals surface area contributed by atoms with E-state index in [4.69, 9.17) is 5.73 Å². The first-order valence-corrected chi connectivity index (χ1v) is 4.10. The first kappa shape index (κ1) is 6.84. The van der Waals surface area contributed by atoms with Crippen molar-refractivity contribution in [3.8, 4) is 0 Å². The van der Waals surface area contributed by atoms with E-state index in [1.54, 1.807) is 4.40 Å². The van der Waals surface area contributed by atoms with Gasteiger partial charge in [0.15, 0.2) is 5.65 Å². The molecule has 0 radical (unpaired) electrons. The van der Waals surface area contributed by atoms with Crippen molar-refractivity contribution in [2.75, 3.05) is 5.73 Å². The smallest absolute Gasteiger partial charge is 0.207 e. The van der Waals surface area contributed by atoms with Crippen LogP contribution in [0.15, 0.2) is 18.6 Å². The molecule has 0 atom stereocenters. The Kier molecular flexibility index (Phi) is 1.45. The molecule has 5 heteroatoms. The Bertz CT molecular complexity index is 394. The van der Waals surface area contributed by atoms with Gasteiger partial charge in [-0.05, 0) is 28.7 Å². The molecule has 11 heavy (non-hydrogen) atoms. The van der Waals surface area contributed by atoms with Crippen molar-refractivity contribution < 1.29 is 0 Å². The zero-order valence-electron chi connectivity index (χ0n) is 5.53. The van der Waals surface area contributed by atoms with E-state index in [9.17, 15) is 0 Å². The maximum atomic E-state index is 5.58. The first-order valence-electron chi connectivity index (χ1n) is 3.02. The average Bonchev–Trinajstić information content (AvgIpc) is 2.35. The van der Waals surface area contributed by atoms with E-state index in [-0.39, 0.29) is 0 Å². The van der Waals surface area contributed by atoms with Crippen molar-refractivity contribution >= 4 is 34.2 Å². The minimum absolute atomic E-state index is 0.470. The van der Waals surface area contributed by atoms with Crippen LogP contribution in [0.4, 0.5) is 5.95 Å². The number of rotatable bonds is 0. The topological polar surface area (TPSA) is 56.2 Å². The Morgan fingerprint density at radius 1 is 1.45 bits per heavy atom. The van der Waals surface area contributed by atoms with E-state index in [0.29, 0.717) is 5.95 Å². The second-order valence-electron chi connectivity index (χ2n) is 2.09. The molecule has 0 saturated carbocycles. The van der Waals surface area contributed by atoms with Gasteiger partial charge in [0.05, 0.1) is 3.57 Å². The van der Waals surface area contributed by atoms with Crippen molar-refractivity contribution in [3.63, 3.8) is 0 Å². The third-order valence-electron chi connectivity index (χ3n) is 1.43. The minimum Gasteiger partial charge on any atom is -0.369 e. The third kappa shape index (κ3) is 0.953. The second kappa shape index (κ2) is 2.33. The molecule has 0 aliphatic carbocycles. The molecule has 4 nitrogen and oxygen atoms in total. The summed E-state index contributed by atoms with van der Waals surface area (Å²) in [6, 6.07) is 1.95. The Labute approximate surface area is 76.6 Å². The summed E-state index contributed by atoms with van der Waals surface area (Å²) in [6.45, 7) is 0.